The van der Waals surface area contributed by atoms with Crippen LogP contribution in [0.1, 0.15) is 44.9 Å². The van der Waals surface area contributed by atoms with Crippen molar-refractivity contribution in [1.29, 1.82) is 0 Å². The number of halogens is 2. The van der Waals surface area contributed by atoms with Crippen molar-refractivity contribution < 1.29 is 23.2 Å². The topological polar surface area (TPSA) is 90.5 Å². The fourth-order valence-electron chi connectivity index (χ4n) is 3.26. The van der Waals surface area contributed by atoms with E-state index < -0.39 is 29.3 Å². The van der Waals surface area contributed by atoms with Gasteiger partial charge in [0.05, 0.1) is 6.04 Å². The van der Waals surface area contributed by atoms with Gasteiger partial charge in [-0.25, -0.2) is 8.78 Å². The van der Waals surface area contributed by atoms with Gasteiger partial charge in [0.1, 0.15) is 23.4 Å². The van der Waals surface area contributed by atoms with Crippen LogP contribution < -0.4 is 16.0 Å². The molecule has 7 nitrogen and oxygen atoms in total. The maximum absolute atomic E-state index is 13.6. The number of para-hydroxylation sites is 1. The highest BCUT2D eigenvalue weighted by molar-refractivity contribution is 5.97. The Morgan fingerprint density at radius 3 is 2.21 bits per heavy atom. The predicted molar refractivity (Wildman–Crippen MR) is 127 cm³/mol. The van der Waals surface area contributed by atoms with Gasteiger partial charge in [-0.15, -0.1) is 0 Å². The highest BCUT2D eigenvalue weighted by Gasteiger charge is 2.35. The number of hydrogen-bond acceptors (Lipinski definition) is 4. The molecule has 0 fully saturated rings. The van der Waals surface area contributed by atoms with Crippen molar-refractivity contribution in [2.45, 2.75) is 52.4 Å². The fourth-order valence-corrected chi connectivity index (χ4v) is 3.26. The molecule has 2 aromatic carbocycles. The van der Waals surface area contributed by atoms with Gasteiger partial charge in [0.25, 0.3) is 5.91 Å². The van der Waals surface area contributed by atoms with E-state index in [4.69, 9.17) is 0 Å². The molecular weight excluding hydrogens is 442 g/mol. The molecule has 34 heavy (non-hydrogen) atoms. The predicted octanol–water partition coefficient (Wildman–Crippen LogP) is 3.37. The van der Waals surface area contributed by atoms with Gasteiger partial charge in [0.15, 0.2) is 0 Å². The Morgan fingerprint density at radius 2 is 1.65 bits per heavy atom. The zero-order valence-corrected chi connectivity index (χ0v) is 20.1. The van der Waals surface area contributed by atoms with Gasteiger partial charge < -0.3 is 20.9 Å². The first-order valence-corrected chi connectivity index (χ1v) is 11.1. The molecule has 0 saturated heterocycles. The summed E-state index contributed by atoms with van der Waals surface area (Å²) in [4.78, 5) is 36.2. The van der Waals surface area contributed by atoms with Crippen molar-refractivity contribution in [2.75, 3.05) is 12.4 Å². The molecule has 0 aliphatic carbocycles. The highest BCUT2D eigenvalue weighted by Crippen LogP contribution is 2.33. The third-order valence-electron chi connectivity index (χ3n) is 5.83. The third kappa shape index (κ3) is 6.60. The molecule has 1 heterocycles. The number of benzene rings is 2. The number of nitrogens with one attached hydrogen (secondary N) is 3. The molecule has 3 atom stereocenters. The van der Waals surface area contributed by atoms with Crippen molar-refractivity contribution in [2.24, 2.45) is 5.92 Å². The lowest BCUT2D eigenvalue weighted by atomic mass is 10.0. The zero-order valence-electron chi connectivity index (χ0n) is 20.1. The summed E-state index contributed by atoms with van der Waals surface area (Å²) in [5, 5.41) is 8.06. The maximum atomic E-state index is 13.6. The minimum atomic E-state index is -0.896. The molecule has 0 radical (unpaired) electrons. The van der Waals surface area contributed by atoms with Crippen molar-refractivity contribution in [3.05, 3.63) is 65.2 Å². The van der Waals surface area contributed by atoms with Crippen LogP contribution in [-0.4, -0.2) is 42.3 Å². The number of rotatable bonds is 7. The minimum absolute atomic E-state index is 0.0682. The summed E-state index contributed by atoms with van der Waals surface area (Å²) >= 11 is 0. The molecule has 9 heteroatoms. The summed E-state index contributed by atoms with van der Waals surface area (Å²) in [5.41, 5.74) is 0.982. The number of fused-ring (bicyclic) bond motifs is 1. The van der Waals surface area contributed by atoms with E-state index in [2.05, 4.69) is 29.8 Å². The van der Waals surface area contributed by atoms with Gasteiger partial charge in [0.2, 0.25) is 12.3 Å². The van der Waals surface area contributed by atoms with Gasteiger partial charge in [-0.3, -0.25) is 14.4 Å². The molecule has 1 aliphatic rings. The molecule has 3 N–H and O–H groups in total. The van der Waals surface area contributed by atoms with E-state index in [0.29, 0.717) is 17.9 Å². The van der Waals surface area contributed by atoms with Crippen molar-refractivity contribution in [3.8, 4) is 0 Å². The molecule has 1 aliphatic heterocycles. The molecule has 3 amide bonds. The van der Waals surface area contributed by atoms with Crippen LogP contribution in [0.4, 0.5) is 14.5 Å². The van der Waals surface area contributed by atoms with Crippen LogP contribution in [-0.2, 0) is 20.9 Å². The Hall–Kier alpha value is -3.33. The van der Waals surface area contributed by atoms with E-state index in [9.17, 15) is 23.2 Å². The Balaban J connectivity index is 0.000000292. The molecule has 184 valence electrons. The number of likely N-dealkylation sites (N-methyl/N-ethyl adjacent to an activating group) is 1. The van der Waals surface area contributed by atoms with E-state index in [1.54, 1.807) is 25.2 Å². The summed E-state index contributed by atoms with van der Waals surface area (Å²) < 4.78 is 27.3. The molecular formula is C25H32F2N4O3. The van der Waals surface area contributed by atoms with Gasteiger partial charge in [-0.2, -0.15) is 0 Å². The lowest BCUT2D eigenvalue weighted by Gasteiger charge is -2.20. The largest absolute Gasteiger partial charge is 0.352 e. The molecule has 0 aromatic heterocycles. The van der Waals surface area contributed by atoms with Crippen LogP contribution in [0, 0.1) is 17.6 Å². The molecule has 0 saturated carbocycles. The third-order valence-corrected chi connectivity index (χ3v) is 5.83. The van der Waals surface area contributed by atoms with E-state index in [1.807, 2.05) is 19.9 Å². The van der Waals surface area contributed by atoms with Gasteiger partial charge >= 0.3 is 0 Å². The number of hydrogen-bond donors (Lipinski definition) is 3. The lowest BCUT2D eigenvalue weighted by molar-refractivity contribution is -0.129. The number of amides is 3. The smallest absolute Gasteiger partial charge is 0.251 e. The molecule has 2 unspecified atom stereocenters. The standard InChI is InChI=1S/C16H12F2N2O2.C9H20N2O/c17-12-6-3-7-13(18)14(12)19-16(22)15-11-5-2-1-4-10(11)8-20(15)9-21;1-6(2)7(3)11-9(12)8(4)10-5/h1-7,9,15H,8H2,(H,19,22);6-8,10H,1-5H3,(H,11,12)/t;7?,8-/m.0/s1. The highest BCUT2D eigenvalue weighted by atomic mass is 19.1. The molecule has 3 rings (SSSR count). The average molecular weight is 475 g/mol. The second kappa shape index (κ2) is 12.2. The maximum Gasteiger partial charge on any atom is 0.251 e. The summed E-state index contributed by atoms with van der Waals surface area (Å²) in [6, 6.07) is 9.65. The number of carbonyl (C=O) groups excluding carboxylic acids is 3. The minimum Gasteiger partial charge on any atom is -0.352 e. The van der Waals surface area contributed by atoms with Gasteiger partial charge in [-0.05, 0) is 50.1 Å². The Morgan fingerprint density at radius 1 is 1.03 bits per heavy atom. The normalized spacial score (nSPS) is 16.1. The van der Waals surface area contributed by atoms with Crippen molar-refractivity contribution >= 4 is 23.9 Å². The Labute approximate surface area is 198 Å². The van der Waals surface area contributed by atoms with Gasteiger partial charge in [0, 0.05) is 12.6 Å². The van der Waals surface area contributed by atoms with Crippen LogP contribution in [0.15, 0.2) is 42.5 Å². The quantitative estimate of drug-likeness (QED) is 0.537. The van der Waals surface area contributed by atoms with E-state index >= 15 is 0 Å². The Kier molecular flexibility index (Phi) is 9.68. The summed E-state index contributed by atoms with van der Waals surface area (Å²) in [6.45, 7) is 8.34. The molecule has 0 spiro atoms. The summed E-state index contributed by atoms with van der Waals surface area (Å²) in [7, 11) is 1.78. The summed E-state index contributed by atoms with van der Waals surface area (Å²) in [5.74, 6) is -1.83. The first-order chi connectivity index (χ1) is 16.1. The van der Waals surface area contributed by atoms with E-state index in [0.717, 1.165) is 17.7 Å². The fraction of sp³-hybridized carbons (Fsp3) is 0.400. The summed E-state index contributed by atoms with van der Waals surface area (Å²) in [6.07, 6.45) is 0.557. The van der Waals surface area contributed by atoms with Crippen molar-refractivity contribution in [3.63, 3.8) is 0 Å². The second-order valence-electron chi connectivity index (χ2n) is 8.52. The number of nitrogens with zero attached hydrogens (tertiary/aromatic N) is 1. The van der Waals surface area contributed by atoms with Gasteiger partial charge in [-0.1, -0.05) is 44.2 Å². The zero-order chi connectivity index (χ0) is 25.4. The lowest BCUT2D eigenvalue weighted by Crippen LogP contribution is -2.45. The molecule has 0 bridgehead atoms. The van der Waals surface area contributed by atoms with Crippen LogP contribution >= 0.6 is 0 Å². The average Bonchev–Trinajstić information content (AvgIpc) is 3.20. The first-order valence-electron chi connectivity index (χ1n) is 11.1. The van der Waals surface area contributed by atoms with E-state index in [-0.39, 0.29) is 24.5 Å². The van der Waals surface area contributed by atoms with Crippen LogP contribution in [0.5, 0.6) is 0 Å². The van der Waals surface area contributed by atoms with Crippen LogP contribution in [0.3, 0.4) is 0 Å². The van der Waals surface area contributed by atoms with Crippen LogP contribution in [0.25, 0.3) is 0 Å². The monoisotopic (exact) mass is 474 g/mol. The molecule has 2 aromatic rings. The SMILES string of the molecule is CN[C@@H](C)C(=O)NC(C)C(C)C.O=CN1Cc2ccccc2C1C(=O)Nc1c(F)cccc1F. The number of anilines is 1. The van der Waals surface area contributed by atoms with Crippen LogP contribution in [0.2, 0.25) is 0 Å². The van der Waals surface area contributed by atoms with Crippen molar-refractivity contribution in [1.82, 2.24) is 15.5 Å². The first kappa shape index (κ1) is 26.9. The number of carbonyl (C=O) groups is 3. The second-order valence-corrected chi connectivity index (χ2v) is 8.52. The Bertz CT molecular complexity index is 995. The van der Waals surface area contributed by atoms with E-state index in [1.165, 1.54) is 11.0 Å².